The topological polar surface area (TPSA) is 83.5 Å². The Kier molecular flexibility index (Phi) is 10.3. The van der Waals surface area contributed by atoms with Crippen molar-refractivity contribution in [2.45, 2.75) is 50.5 Å². The van der Waals surface area contributed by atoms with E-state index in [1.165, 1.54) is 0 Å². The van der Waals surface area contributed by atoms with Gasteiger partial charge >= 0.3 is 5.97 Å². The van der Waals surface area contributed by atoms with Gasteiger partial charge in [0.2, 0.25) is 0 Å². The summed E-state index contributed by atoms with van der Waals surface area (Å²) >= 11 is 0. The molecule has 1 heterocycles. The van der Waals surface area contributed by atoms with Crippen LogP contribution in [0.4, 0.5) is 0 Å². The summed E-state index contributed by atoms with van der Waals surface area (Å²) in [6.45, 7) is 0.887. The zero-order valence-electron chi connectivity index (χ0n) is 22.7. The van der Waals surface area contributed by atoms with Gasteiger partial charge in [0.1, 0.15) is 18.3 Å². The van der Waals surface area contributed by atoms with Crippen LogP contribution >= 0.6 is 0 Å². The smallest absolute Gasteiger partial charge is 0.338 e. The summed E-state index contributed by atoms with van der Waals surface area (Å²) in [4.78, 5) is 13.3. The maximum atomic E-state index is 13.3. The molecule has 0 aromatic heterocycles. The lowest BCUT2D eigenvalue weighted by Crippen LogP contribution is -2.61. The van der Waals surface area contributed by atoms with Gasteiger partial charge in [0.25, 0.3) is 0 Å². The van der Waals surface area contributed by atoms with E-state index in [1.54, 1.807) is 24.3 Å². The summed E-state index contributed by atoms with van der Waals surface area (Å²) in [6.07, 6.45) is -4.89. The SMILES string of the molecule is O=C(O[C@@H]1[C@H](OCc2ccccc2)[C@H](O)O[C@H](COCc2ccccc2)[C@H]1OCc1ccccc1)c1ccccc1. The van der Waals surface area contributed by atoms with Crippen LogP contribution in [0.5, 0.6) is 0 Å². The van der Waals surface area contributed by atoms with Gasteiger partial charge in [-0.2, -0.15) is 0 Å². The van der Waals surface area contributed by atoms with Crippen LogP contribution in [0.25, 0.3) is 0 Å². The van der Waals surface area contributed by atoms with Crippen LogP contribution in [0.3, 0.4) is 0 Å². The number of aliphatic hydroxyl groups excluding tert-OH is 1. The lowest BCUT2D eigenvalue weighted by atomic mass is 9.98. The Balaban J connectivity index is 1.39. The molecule has 0 radical (unpaired) electrons. The summed E-state index contributed by atoms with van der Waals surface area (Å²) in [7, 11) is 0. The van der Waals surface area contributed by atoms with E-state index < -0.39 is 36.7 Å². The van der Waals surface area contributed by atoms with Gasteiger partial charge in [-0.15, -0.1) is 0 Å². The van der Waals surface area contributed by atoms with Crippen LogP contribution in [-0.2, 0) is 43.5 Å². The molecule has 0 unspecified atom stereocenters. The molecule has 1 fully saturated rings. The molecule has 1 aliphatic heterocycles. The number of hydrogen-bond donors (Lipinski definition) is 1. The first-order valence-corrected chi connectivity index (χ1v) is 13.7. The van der Waals surface area contributed by atoms with E-state index in [4.69, 9.17) is 23.7 Å². The van der Waals surface area contributed by atoms with Crippen molar-refractivity contribution in [3.05, 3.63) is 144 Å². The van der Waals surface area contributed by atoms with Crippen molar-refractivity contribution in [3.8, 4) is 0 Å². The minimum atomic E-state index is -1.38. The molecule has 5 rings (SSSR count). The molecule has 0 saturated carbocycles. The number of esters is 1. The predicted molar refractivity (Wildman–Crippen MR) is 153 cm³/mol. The van der Waals surface area contributed by atoms with E-state index in [2.05, 4.69) is 0 Å². The molecule has 41 heavy (non-hydrogen) atoms. The first-order valence-electron chi connectivity index (χ1n) is 13.7. The van der Waals surface area contributed by atoms with Crippen LogP contribution in [0.15, 0.2) is 121 Å². The zero-order chi connectivity index (χ0) is 28.3. The molecule has 1 N–H and O–H groups in total. The van der Waals surface area contributed by atoms with Gasteiger partial charge in [-0.05, 0) is 28.8 Å². The summed E-state index contributed by atoms with van der Waals surface area (Å²) in [5, 5.41) is 11.1. The lowest BCUT2D eigenvalue weighted by Gasteiger charge is -2.44. The zero-order valence-corrected chi connectivity index (χ0v) is 22.7. The first-order chi connectivity index (χ1) is 20.2. The Hall–Kier alpha value is -3.85. The van der Waals surface area contributed by atoms with E-state index >= 15 is 0 Å². The number of carbonyl (C=O) groups excluding carboxylic acids is 1. The highest BCUT2D eigenvalue weighted by Gasteiger charge is 2.49. The third-order valence-electron chi connectivity index (χ3n) is 6.83. The molecule has 4 aromatic rings. The third kappa shape index (κ3) is 8.10. The Morgan fingerprint density at radius 2 is 1.07 bits per heavy atom. The molecule has 0 amide bonds. The maximum Gasteiger partial charge on any atom is 0.338 e. The van der Waals surface area contributed by atoms with Crippen molar-refractivity contribution in [1.29, 1.82) is 0 Å². The number of carbonyl (C=O) groups is 1. The number of benzene rings is 4. The van der Waals surface area contributed by atoms with Crippen LogP contribution in [0.1, 0.15) is 27.0 Å². The molecule has 0 bridgehead atoms. The van der Waals surface area contributed by atoms with Gasteiger partial charge < -0.3 is 28.8 Å². The Labute approximate surface area is 240 Å². The molecular weight excluding hydrogens is 520 g/mol. The van der Waals surface area contributed by atoms with Crippen molar-refractivity contribution in [3.63, 3.8) is 0 Å². The highest BCUT2D eigenvalue weighted by atomic mass is 16.7. The van der Waals surface area contributed by atoms with Gasteiger partial charge in [-0.1, -0.05) is 109 Å². The Morgan fingerprint density at radius 3 is 1.61 bits per heavy atom. The summed E-state index contributed by atoms with van der Waals surface area (Å²) in [5.41, 5.74) is 3.23. The van der Waals surface area contributed by atoms with Gasteiger partial charge in [-0.3, -0.25) is 0 Å². The van der Waals surface area contributed by atoms with Crippen LogP contribution in [0, 0.1) is 0 Å². The largest absolute Gasteiger partial charge is 0.453 e. The van der Waals surface area contributed by atoms with Crippen molar-refractivity contribution < 1.29 is 33.6 Å². The first kappa shape index (κ1) is 28.7. The number of aliphatic hydroxyl groups is 1. The van der Waals surface area contributed by atoms with E-state index in [1.807, 2.05) is 97.1 Å². The average Bonchev–Trinajstić information content (AvgIpc) is 3.02. The second kappa shape index (κ2) is 14.7. The molecule has 0 spiro atoms. The van der Waals surface area contributed by atoms with Crippen LogP contribution in [-0.4, -0.2) is 48.4 Å². The Bertz CT molecular complexity index is 1320. The normalized spacial score (nSPS) is 22.2. The molecule has 7 heteroatoms. The molecular formula is C34H34O7. The standard InChI is InChI=1S/C34H34O7/c35-33(28-19-11-4-12-20-28)41-31-30(38-22-26-15-7-2-8-16-26)29(24-37-21-25-13-5-1-6-14-25)40-34(36)32(31)39-23-27-17-9-3-10-18-27/h1-20,29-32,34,36H,21-24H2/t29-,30-,31+,32+,34-/m1/s1. The molecule has 7 nitrogen and oxygen atoms in total. The quantitative estimate of drug-likeness (QED) is 0.238. The molecule has 212 valence electrons. The van der Waals surface area contributed by atoms with Gasteiger partial charge in [0, 0.05) is 0 Å². The summed E-state index contributed by atoms with van der Waals surface area (Å²) in [6, 6.07) is 37.8. The van der Waals surface area contributed by atoms with E-state index in [0.29, 0.717) is 12.2 Å². The van der Waals surface area contributed by atoms with Crippen LogP contribution < -0.4 is 0 Å². The number of rotatable bonds is 12. The third-order valence-corrected chi connectivity index (χ3v) is 6.83. The minimum Gasteiger partial charge on any atom is -0.453 e. The fourth-order valence-corrected chi connectivity index (χ4v) is 4.71. The van der Waals surface area contributed by atoms with E-state index in [0.717, 1.165) is 16.7 Å². The molecule has 1 aliphatic rings. The summed E-state index contributed by atoms with van der Waals surface area (Å²) < 4.78 is 30.6. The number of ether oxygens (including phenoxy) is 5. The predicted octanol–water partition coefficient (Wildman–Crippen LogP) is 5.32. The minimum absolute atomic E-state index is 0.107. The van der Waals surface area contributed by atoms with Crippen molar-refractivity contribution in [1.82, 2.24) is 0 Å². The van der Waals surface area contributed by atoms with Gasteiger partial charge in [-0.25, -0.2) is 4.79 Å². The molecule has 4 aromatic carbocycles. The van der Waals surface area contributed by atoms with E-state index in [9.17, 15) is 9.90 Å². The van der Waals surface area contributed by atoms with Crippen molar-refractivity contribution in [2.24, 2.45) is 0 Å². The summed E-state index contributed by atoms with van der Waals surface area (Å²) in [5.74, 6) is -0.546. The highest BCUT2D eigenvalue weighted by Crippen LogP contribution is 2.30. The second-order valence-electron chi connectivity index (χ2n) is 9.82. The van der Waals surface area contributed by atoms with E-state index in [-0.39, 0.29) is 19.8 Å². The lowest BCUT2D eigenvalue weighted by molar-refractivity contribution is -0.307. The fraction of sp³-hybridized carbons (Fsp3) is 0.265. The fourth-order valence-electron chi connectivity index (χ4n) is 4.71. The van der Waals surface area contributed by atoms with Crippen LogP contribution in [0.2, 0.25) is 0 Å². The Morgan fingerprint density at radius 1 is 0.610 bits per heavy atom. The maximum absolute atomic E-state index is 13.3. The number of hydrogen-bond acceptors (Lipinski definition) is 7. The van der Waals surface area contributed by atoms with Crippen molar-refractivity contribution in [2.75, 3.05) is 6.61 Å². The van der Waals surface area contributed by atoms with Gasteiger partial charge in [0.15, 0.2) is 12.4 Å². The van der Waals surface area contributed by atoms with Gasteiger partial charge in [0.05, 0.1) is 32.0 Å². The molecule has 1 saturated heterocycles. The average molecular weight is 555 g/mol. The monoisotopic (exact) mass is 554 g/mol. The highest BCUT2D eigenvalue weighted by molar-refractivity contribution is 5.89. The molecule has 0 aliphatic carbocycles. The second-order valence-corrected chi connectivity index (χ2v) is 9.82. The van der Waals surface area contributed by atoms with Crippen molar-refractivity contribution >= 4 is 5.97 Å². The molecule has 5 atom stereocenters.